The van der Waals surface area contributed by atoms with Crippen molar-refractivity contribution in [3.63, 3.8) is 0 Å². The Bertz CT molecular complexity index is 198. The van der Waals surface area contributed by atoms with E-state index < -0.39 is 0 Å². The van der Waals surface area contributed by atoms with Gasteiger partial charge in [-0.3, -0.25) is 0 Å². The van der Waals surface area contributed by atoms with Gasteiger partial charge in [0.05, 0.1) is 0 Å². The Balaban J connectivity index is 2.38. The smallest absolute Gasteiger partial charge is 0.0275 e. The van der Waals surface area contributed by atoms with Gasteiger partial charge in [-0.05, 0) is 12.0 Å². The molecule has 0 nitrogen and oxygen atoms in total. The lowest BCUT2D eigenvalue weighted by molar-refractivity contribution is 1.19. The topological polar surface area (TPSA) is 0 Å². The van der Waals surface area contributed by atoms with Gasteiger partial charge in [0.1, 0.15) is 0 Å². The number of hydrogen-bond acceptors (Lipinski definition) is 1. The molecule has 0 aromatic rings. The van der Waals surface area contributed by atoms with Crippen LogP contribution in [0.4, 0.5) is 0 Å². The van der Waals surface area contributed by atoms with Crippen LogP contribution in [-0.2, 0) is 0 Å². The van der Waals surface area contributed by atoms with E-state index >= 15 is 0 Å². The van der Waals surface area contributed by atoms with Crippen molar-refractivity contribution in [1.29, 1.82) is 0 Å². The Kier molecular flexibility index (Phi) is 0.717. The summed E-state index contributed by atoms with van der Waals surface area (Å²) in [4.78, 5) is 1.13. The maximum atomic E-state index is 4.99. The Morgan fingerprint density at radius 2 is 2.25 bits per heavy atom. The third kappa shape index (κ3) is 0.424. The second kappa shape index (κ2) is 1.29. The van der Waals surface area contributed by atoms with Crippen LogP contribution in [0.2, 0.25) is 0 Å². The summed E-state index contributed by atoms with van der Waals surface area (Å²) >= 11 is 4.99. The fraction of sp³-hybridized carbons (Fsp3) is 0.143. The minimum absolute atomic E-state index is 0.551. The Morgan fingerprint density at radius 3 is 2.75 bits per heavy atom. The molecule has 8 heavy (non-hydrogen) atoms. The molecule has 2 aliphatic rings. The van der Waals surface area contributed by atoms with Crippen LogP contribution in [0.15, 0.2) is 23.8 Å². The number of allylic oxidation sites excluding steroid dienone is 4. The summed E-state index contributed by atoms with van der Waals surface area (Å²) in [5.41, 5.74) is 1.35. The second-order valence-electron chi connectivity index (χ2n) is 2.04. The van der Waals surface area contributed by atoms with Gasteiger partial charge >= 0.3 is 0 Å². The van der Waals surface area contributed by atoms with E-state index in [1.54, 1.807) is 0 Å². The minimum atomic E-state index is 0.551. The molecule has 0 heterocycles. The number of fused-ring (bicyclic) bond motifs is 1. The molecule has 0 bridgehead atoms. The molecule has 2 aliphatic carbocycles. The minimum Gasteiger partial charge on any atom is -0.0839 e. The summed E-state index contributed by atoms with van der Waals surface area (Å²) in [5.74, 6) is 0.551. The maximum absolute atomic E-state index is 4.99. The van der Waals surface area contributed by atoms with Crippen molar-refractivity contribution in [3.8, 4) is 0 Å². The van der Waals surface area contributed by atoms with Gasteiger partial charge in [-0.25, -0.2) is 0 Å². The number of hydrogen-bond donors (Lipinski definition) is 0. The molecular weight excluding hydrogens is 116 g/mol. The highest BCUT2D eigenvalue weighted by Crippen LogP contribution is 2.39. The van der Waals surface area contributed by atoms with Crippen LogP contribution < -0.4 is 0 Å². The summed E-state index contributed by atoms with van der Waals surface area (Å²) < 4.78 is 0. The van der Waals surface area contributed by atoms with Crippen LogP contribution in [0.1, 0.15) is 0 Å². The SMILES string of the molecule is S=C1C2=CC=C[CH]C12. The molecule has 1 atom stereocenters. The van der Waals surface area contributed by atoms with E-state index in [-0.39, 0.29) is 0 Å². The molecule has 39 valence electrons. The van der Waals surface area contributed by atoms with Crippen molar-refractivity contribution in [1.82, 2.24) is 0 Å². The molecule has 1 unspecified atom stereocenters. The van der Waals surface area contributed by atoms with Crippen molar-refractivity contribution in [2.24, 2.45) is 5.92 Å². The van der Waals surface area contributed by atoms with Gasteiger partial charge in [0.2, 0.25) is 0 Å². The summed E-state index contributed by atoms with van der Waals surface area (Å²) in [7, 11) is 0. The first-order valence-corrected chi connectivity index (χ1v) is 3.06. The van der Waals surface area contributed by atoms with Gasteiger partial charge in [0.15, 0.2) is 0 Å². The van der Waals surface area contributed by atoms with Gasteiger partial charge < -0.3 is 0 Å². The van der Waals surface area contributed by atoms with E-state index in [2.05, 4.69) is 12.5 Å². The fourth-order valence-electron chi connectivity index (χ4n) is 0.947. The average molecular weight is 121 g/mol. The van der Waals surface area contributed by atoms with Crippen molar-refractivity contribution < 1.29 is 0 Å². The van der Waals surface area contributed by atoms with Crippen molar-refractivity contribution >= 4 is 17.1 Å². The van der Waals surface area contributed by atoms with E-state index in [0.29, 0.717) is 5.92 Å². The van der Waals surface area contributed by atoms with Crippen molar-refractivity contribution in [2.45, 2.75) is 0 Å². The molecule has 0 saturated heterocycles. The van der Waals surface area contributed by atoms with Gasteiger partial charge in [0.25, 0.3) is 0 Å². The van der Waals surface area contributed by atoms with E-state index in [1.807, 2.05) is 12.2 Å². The zero-order valence-electron chi connectivity index (χ0n) is 4.29. The zero-order chi connectivity index (χ0) is 5.56. The highest BCUT2D eigenvalue weighted by atomic mass is 32.1. The Labute approximate surface area is 53.9 Å². The molecule has 0 amide bonds. The molecule has 0 N–H and O–H groups in total. The lowest BCUT2D eigenvalue weighted by Crippen LogP contribution is -1.76. The standard InChI is InChI=1S/C7H5S/c8-7-5-3-1-2-4-6(5)7/h1-5H. The molecule has 0 spiro atoms. The zero-order valence-corrected chi connectivity index (χ0v) is 5.11. The van der Waals surface area contributed by atoms with Gasteiger partial charge in [-0.2, -0.15) is 0 Å². The summed E-state index contributed by atoms with van der Waals surface area (Å²) in [6.45, 7) is 0. The third-order valence-electron chi connectivity index (χ3n) is 1.51. The molecule has 0 aromatic carbocycles. The summed E-state index contributed by atoms with van der Waals surface area (Å²) in [6.07, 6.45) is 8.31. The second-order valence-corrected chi connectivity index (χ2v) is 2.48. The van der Waals surface area contributed by atoms with Crippen LogP contribution in [0.25, 0.3) is 0 Å². The van der Waals surface area contributed by atoms with E-state index in [4.69, 9.17) is 12.2 Å². The lowest BCUT2D eigenvalue weighted by Gasteiger charge is -1.85. The highest BCUT2D eigenvalue weighted by molar-refractivity contribution is 7.81. The van der Waals surface area contributed by atoms with Crippen LogP contribution in [-0.4, -0.2) is 4.86 Å². The third-order valence-corrected chi connectivity index (χ3v) is 2.00. The Hall–Kier alpha value is -0.430. The molecule has 1 radical (unpaired) electrons. The fourth-order valence-corrected chi connectivity index (χ4v) is 1.29. The van der Waals surface area contributed by atoms with Gasteiger partial charge in [0, 0.05) is 10.8 Å². The monoisotopic (exact) mass is 121 g/mol. The summed E-state index contributed by atoms with van der Waals surface area (Å²) in [6, 6.07) is 0. The normalized spacial score (nSPS) is 31.8. The predicted octanol–water partition coefficient (Wildman–Crippen LogP) is 1.69. The van der Waals surface area contributed by atoms with Crippen LogP contribution in [0, 0.1) is 12.3 Å². The van der Waals surface area contributed by atoms with E-state index in [0.717, 1.165) is 4.86 Å². The molecule has 0 aromatic heterocycles. The first kappa shape index (κ1) is 4.45. The van der Waals surface area contributed by atoms with Crippen molar-refractivity contribution in [3.05, 3.63) is 30.2 Å². The highest BCUT2D eigenvalue weighted by Gasteiger charge is 2.37. The predicted molar refractivity (Wildman–Crippen MR) is 37.6 cm³/mol. The van der Waals surface area contributed by atoms with Crippen LogP contribution in [0.5, 0.6) is 0 Å². The molecule has 1 heteroatoms. The van der Waals surface area contributed by atoms with Crippen LogP contribution in [0.3, 0.4) is 0 Å². The molecule has 1 saturated carbocycles. The molecule has 2 rings (SSSR count). The Morgan fingerprint density at radius 1 is 1.38 bits per heavy atom. The van der Waals surface area contributed by atoms with Crippen LogP contribution >= 0.6 is 12.2 Å². The van der Waals surface area contributed by atoms with Crippen molar-refractivity contribution in [2.75, 3.05) is 0 Å². The molecule has 0 aliphatic heterocycles. The van der Waals surface area contributed by atoms with E-state index in [1.165, 1.54) is 5.57 Å². The maximum Gasteiger partial charge on any atom is 0.0275 e. The average Bonchev–Trinajstić information content (AvgIpc) is 2.46. The van der Waals surface area contributed by atoms with Gasteiger partial charge in [-0.1, -0.05) is 30.4 Å². The first-order valence-electron chi connectivity index (χ1n) is 2.65. The van der Waals surface area contributed by atoms with E-state index in [9.17, 15) is 0 Å². The first-order chi connectivity index (χ1) is 3.89. The van der Waals surface area contributed by atoms with Gasteiger partial charge in [-0.15, -0.1) is 0 Å². The quantitative estimate of drug-likeness (QED) is 0.439. The number of rotatable bonds is 0. The number of thiocarbonyl (C=S) groups is 1. The largest absolute Gasteiger partial charge is 0.0839 e. The molecule has 1 fully saturated rings. The lowest BCUT2D eigenvalue weighted by atomic mass is 10.2. The molecular formula is C7H5S. The summed E-state index contributed by atoms with van der Waals surface area (Å²) in [5, 5.41) is 0.